The number of halogens is 2. The Hall–Kier alpha value is -2.24. The Bertz CT molecular complexity index is 833. The molecule has 0 saturated carbocycles. The molecule has 0 radical (unpaired) electrons. The first-order chi connectivity index (χ1) is 10.5. The van der Waals surface area contributed by atoms with Gasteiger partial charge in [0.15, 0.2) is 5.75 Å². The summed E-state index contributed by atoms with van der Waals surface area (Å²) in [6.45, 7) is 1.72. The van der Waals surface area contributed by atoms with Gasteiger partial charge in [-0.05, 0) is 30.3 Å². The first kappa shape index (κ1) is 14.7. The number of nitrogens with zero attached hydrogens (tertiary/aromatic N) is 2. The fourth-order valence-corrected chi connectivity index (χ4v) is 2.24. The van der Waals surface area contributed by atoms with Crippen LogP contribution in [0.15, 0.2) is 40.9 Å². The van der Waals surface area contributed by atoms with Crippen LogP contribution in [-0.4, -0.2) is 10.1 Å². The van der Waals surface area contributed by atoms with E-state index in [2.05, 4.69) is 10.1 Å². The second-order valence-electron chi connectivity index (χ2n) is 4.57. The predicted molar refractivity (Wildman–Crippen MR) is 85.4 cm³/mol. The fourth-order valence-electron chi connectivity index (χ4n) is 1.85. The van der Waals surface area contributed by atoms with Crippen LogP contribution in [0.4, 0.5) is 5.69 Å². The molecule has 0 aliphatic rings. The Morgan fingerprint density at radius 1 is 1.09 bits per heavy atom. The number of nitrogens with two attached hydrogens (primary N) is 1. The van der Waals surface area contributed by atoms with Crippen molar-refractivity contribution in [3.05, 3.63) is 52.3 Å². The number of hydrogen-bond acceptors (Lipinski definition) is 5. The van der Waals surface area contributed by atoms with Gasteiger partial charge in [-0.1, -0.05) is 28.4 Å². The molecule has 0 aliphatic carbocycles. The molecule has 0 fully saturated rings. The molecule has 112 valence electrons. The Labute approximate surface area is 136 Å². The summed E-state index contributed by atoms with van der Waals surface area (Å²) in [5.41, 5.74) is 7.05. The van der Waals surface area contributed by atoms with E-state index in [9.17, 15) is 0 Å². The summed E-state index contributed by atoms with van der Waals surface area (Å²) < 4.78 is 10.7. The van der Waals surface area contributed by atoms with E-state index < -0.39 is 0 Å². The van der Waals surface area contributed by atoms with Crippen LogP contribution in [0, 0.1) is 6.92 Å². The normalized spacial score (nSPS) is 10.7. The number of aromatic nitrogens is 2. The van der Waals surface area contributed by atoms with Gasteiger partial charge in [-0.25, -0.2) is 0 Å². The van der Waals surface area contributed by atoms with Gasteiger partial charge in [0.2, 0.25) is 11.7 Å². The van der Waals surface area contributed by atoms with E-state index in [1.54, 1.807) is 43.3 Å². The molecule has 22 heavy (non-hydrogen) atoms. The minimum absolute atomic E-state index is 0.402. The van der Waals surface area contributed by atoms with E-state index in [-0.39, 0.29) is 0 Å². The number of hydrogen-bond donors (Lipinski definition) is 1. The number of nitrogen functional groups attached to an aromatic ring is 1. The van der Waals surface area contributed by atoms with E-state index in [1.165, 1.54) is 0 Å². The number of aryl methyl sites for hydroxylation is 1. The van der Waals surface area contributed by atoms with Gasteiger partial charge in [0, 0.05) is 23.6 Å². The number of ether oxygens (including phenoxy) is 1. The van der Waals surface area contributed by atoms with Crippen LogP contribution in [0.1, 0.15) is 5.89 Å². The maximum absolute atomic E-state index is 6.24. The van der Waals surface area contributed by atoms with Crippen LogP contribution in [-0.2, 0) is 0 Å². The summed E-state index contributed by atoms with van der Waals surface area (Å²) in [5.74, 6) is 1.85. The highest BCUT2D eigenvalue weighted by Crippen LogP contribution is 2.35. The van der Waals surface area contributed by atoms with Crippen LogP contribution in [0.3, 0.4) is 0 Å². The van der Waals surface area contributed by atoms with Gasteiger partial charge >= 0.3 is 0 Å². The summed E-state index contributed by atoms with van der Waals surface area (Å²) in [7, 11) is 0. The highest BCUT2D eigenvalue weighted by molar-refractivity contribution is 6.32. The van der Waals surface area contributed by atoms with Crippen molar-refractivity contribution in [1.82, 2.24) is 10.1 Å². The smallest absolute Gasteiger partial charge is 0.223 e. The molecule has 1 heterocycles. The molecular formula is C15H11Cl2N3O2. The number of anilines is 1. The summed E-state index contributed by atoms with van der Waals surface area (Å²) in [5, 5.41) is 4.77. The quantitative estimate of drug-likeness (QED) is 0.700. The van der Waals surface area contributed by atoms with Gasteiger partial charge in [0.1, 0.15) is 5.75 Å². The van der Waals surface area contributed by atoms with E-state index in [0.29, 0.717) is 38.9 Å². The zero-order chi connectivity index (χ0) is 15.7. The first-order valence-corrected chi connectivity index (χ1v) is 7.11. The van der Waals surface area contributed by atoms with Crippen molar-refractivity contribution in [3.63, 3.8) is 0 Å². The van der Waals surface area contributed by atoms with Crippen molar-refractivity contribution < 1.29 is 9.26 Å². The molecule has 0 saturated heterocycles. The highest BCUT2D eigenvalue weighted by Gasteiger charge is 2.11. The van der Waals surface area contributed by atoms with E-state index in [0.717, 1.165) is 5.56 Å². The van der Waals surface area contributed by atoms with Gasteiger partial charge in [-0.3, -0.25) is 0 Å². The molecule has 0 unspecified atom stereocenters. The SMILES string of the molecule is Cc1nc(-c2ccc(Oc3cc(Cl)ccc3N)c(Cl)c2)no1. The van der Waals surface area contributed by atoms with Crippen molar-refractivity contribution >= 4 is 28.9 Å². The largest absolute Gasteiger partial charge is 0.454 e. The molecule has 0 aliphatic heterocycles. The molecule has 2 N–H and O–H groups in total. The van der Waals surface area contributed by atoms with Gasteiger partial charge in [-0.2, -0.15) is 4.98 Å². The molecule has 0 amide bonds. The first-order valence-electron chi connectivity index (χ1n) is 6.36. The van der Waals surface area contributed by atoms with Crippen molar-refractivity contribution in [1.29, 1.82) is 0 Å². The Kier molecular flexibility index (Phi) is 3.92. The highest BCUT2D eigenvalue weighted by atomic mass is 35.5. The monoisotopic (exact) mass is 335 g/mol. The zero-order valence-electron chi connectivity index (χ0n) is 11.5. The lowest BCUT2D eigenvalue weighted by atomic mass is 10.2. The minimum atomic E-state index is 0.402. The standard InChI is InChI=1S/C15H11Cl2N3O2/c1-8-19-15(20-22-8)9-2-5-13(11(17)6-9)21-14-7-10(16)3-4-12(14)18/h2-7H,18H2,1H3. The lowest BCUT2D eigenvalue weighted by Crippen LogP contribution is -1.93. The third-order valence-corrected chi connectivity index (χ3v) is 3.44. The van der Waals surface area contributed by atoms with E-state index >= 15 is 0 Å². The molecule has 1 aromatic heterocycles. The summed E-state index contributed by atoms with van der Waals surface area (Å²) in [6, 6.07) is 10.2. The van der Waals surface area contributed by atoms with Crippen LogP contribution < -0.4 is 10.5 Å². The predicted octanol–water partition coefficient (Wildman–Crippen LogP) is 4.73. The van der Waals surface area contributed by atoms with Gasteiger partial charge in [0.05, 0.1) is 10.7 Å². The van der Waals surface area contributed by atoms with Crippen molar-refractivity contribution in [2.24, 2.45) is 0 Å². The maximum Gasteiger partial charge on any atom is 0.223 e. The van der Waals surface area contributed by atoms with Gasteiger partial charge in [0.25, 0.3) is 0 Å². The molecule has 0 atom stereocenters. The van der Waals surface area contributed by atoms with Crippen molar-refractivity contribution in [2.45, 2.75) is 6.92 Å². The fraction of sp³-hybridized carbons (Fsp3) is 0.0667. The third-order valence-electron chi connectivity index (χ3n) is 2.91. The zero-order valence-corrected chi connectivity index (χ0v) is 13.0. The molecule has 0 bridgehead atoms. The average Bonchev–Trinajstić information content (AvgIpc) is 2.91. The van der Waals surface area contributed by atoms with Crippen LogP contribution in [0.25, 0.3) is 11.4 Å². The molecule has 2 aromatic carbocycles. The summed E-state index contributed by atoms with van der Waals surface area (Å²) in [4.78, 5) is 4.15. The van der Waals surface area contributed by atoms with E-state index in [4.69, 9.17) is 38.2 Å². The average molecular weight is 336 g/mol. The Morgan fingerprint density at radius 2 is 1.91 bits per heavy atom. The van der Waals surface area contributed by atoms with Gasteiger partial charge < -0.3 is 15.0 Å². The molecule has 3 rings (SSSR count). The van der Waals surface area contributed by atoms with Crippen LogP contribution in [0.2, 0.25) is 10.0 Å². The summed E-state index contributed by atoms with van der Waals surface area (Å²) in [6.07, 6.45) is 0. The lowest BCUT2D eigenvalue weighted by molar-refractivity contribution is 0.394. The second-order valence-corrected chi connectivity index (χ2v) is 5.41. The molecule has 0 spiro atoms. The number of rotatable bonds is 3. The third kappa shape index (κ3) is 3.00. The van der Waals surface area contributed by atoms with E-state index in [1.807, 2.05) is 0 Å². The Morgan fingerprint density at radius 3 is 2.59 bits per heavy atom. The van der Waals surface area contributed by atoms with Gasteiger partial charge in [-0.15, -0.1) is 0 Å². The molecule has 7 heteroatoms. The lowest BCUT2D eigenvalue weighted by Gasteiger charge is -2.10. The molecular weight excluding hydrogens is 325 g/mol. The second kappa shape index (κ2) is 5.87. The Balaban J connectivity index is 1.91. The van der Waals surface area contributed by atoms with Crippen molar-refractivity contribution in [3.8, 4) is 22.9 Å². The molecule has 5 nitrogen and oxygen atoms in total. The van der Waals surface area contributed by atoms with Crippen LogP contribution >= 0.6 is 23.2 Å². The maximum atomic E-state index is 6.24. The molecule has 3 aromatic rings. The van der Waals surface area contributed by atoms with Crippen molar-refractivity contribution in [2.75, 3.05) is 5.73 Å². The minimum Gasteiger partial charge on any atom is -0.454 e. The topological polar surface area (TPSA) is 74.2 Å². The van der Waals surface area contributed by atoms with Crippen LogP contribution in [0.5, 0.6) is 11.5 Å². The summed E-state index contributed by atoms with van der Waals surface area (Å²) >= 11 is 12.2. The number of benzene rings is 2.